The molecule has 0 saturated carbocycles. The second kappa shape index (κ2) is 10.8. The Morgan fingerprint density at radius 1 is 0.950 bits per heavy atom. The van der Waals surface area contributed by atoms with Crippen molar-refractivity contribution in [3.63, 3.8) is 0 Å². The highest BCUT2D eigenvalue weighted by Gasteiger charge is 2.20. The zero-order valence-electron chi connectivity index (χ0n) is 21.7. The fourth-order valence-corrected chi connectivity index (χ4v) is 6.57. The molecule has 0 atom stereocenters. The van der Waals surface area contributed by atoms with Crippen molar-refractivity contribution in [1.82, 2.24) is 18.9 Å². The Labute approximate surface area is 242 Å². The number of rotatable bonds is 8. The Balaban J connectivity index is 1.43. The summed E-state index contributed by atoms with van der Waals surface area (Å²) < 4.78 is 21.5. The minimum Gasteiger partial charge on any atom is -0.497 e. The average Bonchev–Trinajstić information content (AvgIpc) is 3.53. The third kappa shape index (κ3) is 4.63. The van der Waals surface area contributed by atoms with Gasteiger partial charge < -0.3 is 19.5 Å². The summed E-state index contributed by atoms with van der Waals surface area (Å²) >= 11 is 8.57. The van der Waals surface area contributed by atoms with Crippen LogP contribution in [0, 0.1) is 3.95 Å². The first-order valence-electron chi connectivity index (χ1n) is 12.1. The van der Waals surface area contributed by atoms with Crippen LogP contribution in [0.4, 0.5) is 5.69 Å². The molecule has 1 amide bonds. The molecule has 9 nitrogen and oxygen atoms in total. The Morgan fingerprint density at radius 2 is 1.75 bits per heavy atom. The molecule has 0 saturated heterocycles. The summed E-state index contributed by atoms with van der Waals surface area (Å²) in [5, 5.41) is 3.55. The van der Waals surface area contributed by atoms with Gasteiger partial charge in [0, 0.05) is 12.1 Å². The number of nitrogens with one attached hydrogen (secondary N) is 1. The number of benzene rings is 3. The number of methoxy groups -OCH3 is 3. The van der Waals surface area contributed by atoms with E-state index in [1.807, 2.05) is 57.5 Å². The zero-order valence-corrected chi connectivity index (χ0v) is 24.2. The summed E-state index contributed by atoms with van der Waals surface area (Å²) in [6, 6.07) is 20.8. The maximum absolute atomic E-state index is 13.1. The van der Waals surface area contributed by atoms with Crippen LogP contribution in [0.25, 0.3) is 32.7 Å². The van der Waals surface area contributed by atoms with Crippen LogP contribution < -0.4 is 19.5 Å². The number of hydrogen-bond acceptors (Lipinski definition) is 9. The fraction of sp³-hybridized carbons (Fsp3) is 0.143. The van der Waals surface area contributed by atoms with E-state index in [1.165, 1.54) is 23.1 Å². The van der Waals surface area contributed by atoms with Crippen molar-refractivity contribution in [2.75, 3.05) is 32.4 Å². The lowest BCUT2D eigenvalue weighted by molar-refractivity contribution is -0.113. The number of nitrogens with zero attached hydrogens (tertiary/aromatic N) is 4. The maximum Gasteiger partial charge on any atom is 0.234 e. The van der Waals surface area contributed by atoms with Gasteiger partial charge in [-0.25, -0.2) is 9.97 Å². The molecular weight excluding hydrogens is 567 g/mol. The Morgan fingerprint density at radius 3 is 2.55 bits per heavy atom. The average molecular weight is 590 g/mol. The van der Waals surface area contributed by atoms with Crippen molar-refractivity contribution in [1.29, 1.82) is 0 Å². The van der Waals surface area contributed by atoms with Crippen molar-refractivity contribution < 1.29 is 19.0 Å². The van der Waals surface area contributed by atoms with E-state index in [9.17, 15) is 4.79 Å². The lowest BCUT2D eigenvalue weighted by Crippen LogP contribution is -2.15. The first-order chi connectivity index (χ1) is 19.5. The van der Waals surface area contributed by atoms with Crippen LogP contribution >= 0.6 is 35.3 Å². The molecule has 202 valence electrons. The van der Waals surface area contributed by atoms with Crippen LogP contribution in [-0.2, 0) is 4.79 Å². The largest absolute Gasteiger partial charge is 0.497 e. The smallest absolute Gasteiger partial charge is 0.234 e. The van der Waals surface area contributed by atoms with Gasteiger partial charge in [-0.1, -0.05) is 41.3 Å². The monoisotopic (exact) mass is 589 g/mol. The third-order valence-electron chi connectivity index (χ3n) is 6.27. The summed E-state index contributed by atoms with van der Waals surface area (Å²) in [5.74, 6) is 1.77. The second-order valence-corrected chi connectivity index (χ2v) is 11.2. The third-order valence-corrected chi connectivity index (χ3v) is 8.57. The Bertz CT molecular complexity index is 1960. The van der Waals surface area contributed by atoms with Gasteiger partial charge in [-0.15, -0.1) is 0 Å². The highest BCUT2D eigenvalue weighted by atomic mass is 32.2. The van der Waals surface area contributed by atoms with Crippen LogP contribution in [0.15, 0.2) is 71.9 Å². The van der Waals surface area contributed by atoms with Crippen LogP contribution in [0.5, 0.6) is 17.2 Å². The minimum absolute atomic E-state index is 0.110. The van der Waals surface area contributed by atoms with Gasteiger partial charge in [0.25, 0.3) is 0 Å². The second-order valence-electron chi connectivity index (χ2n) is 8.61. The summed E-state index contributed by atoms with van der Waals surface area (Å²) in [6.07, 6.45) is 0. The van der Waals surface area contributed by atoms with Gasteiger partial charge in [-0.3, -0.25) is 13.8 Å². The number of hydrogen-bond donors (Lipinski definition) is 1. The molecule has 0 spiro atoms. The standard InChI is InChI=1S/C28H23N5O4S3/c1-35-17-8-6-7-16(13-17)32-26-24(40-28(32)38)25-30-19-9-4-5-10-21(19)33(25)27(31-26)39-15-23(34)29-20-12-11-18(36-2)14-22(20)37-3/h4-14H,15H2,1-3H3,(H,29,34). The number of thioether (sulfide) groups is 1. The van der Waals surface area contributed by atoms with Crippen LogP contribution in [0.1, 0.15) is 0 Å². The number of thiazole rings is 1. The first kappa shape index (κ1) is 26.1. The molecule has 6 rings (SSSR count). The van der Waals surface area contributed by atoms with Gasteiger partial charge in [-0.05, 0) is 48.6 Å². The Kier molecular flexibility index (Phi) is 7.05. The molecule has 6 aromatic rings. The topological polar surface area (TPSA) is 91.9 Å². The van der Waals surface area contributed by atoms with Gasteiger partial charge in [0.15, 0.2) is 20.4 Å². The highest BCUT2D eigenvalue weighted by molar-refractivity contribution is 7.99. The molecule has 3 aromatic carbocycles. The number of amides is 1. The Hall–Kier alpha value is -4.13. The summed E-state index contributed by atoms with van der Waals surface area (Å²) in [4.78, 5) is 23.0. The van der Waals surface area contributed by atoms with Crippen molar-refractivity contribution in [3.05, 3.63) is 70.7 Å². The van der Waals surface area contributed by atoms with E-state index < -0.39 is 0 Å². The van der Waals surface area contributed by atoms with Crippen LogP contribution in [0.2, 0.25) is 0 Å². The number of anilines is 1. The first-order valence-corrected chi connectivity index (χ1v) is 14.3. The SMILES string of the molecule is COc1cccc(-n2c(=S)sc3c2nc(SCC(=O)Nc2ccc(OC)cc2OC)n2c4ccccc4nc32)c1. The quantitative estimate of drug-likeness (QED) is 0.124. The molecule has 12 heteroatoms. The minimum atomic E-state index is -0.206. The van der Waals surface area contributed by atoms with E-state index >= 15 is 0 Å². The molecule has 0 unspecified atom stereocenters. The zero-order chi connectivity index (χ0) is 27.8. The molecular formula is C28H23N5O4S3. The lowest BCUT2D eigenvalue weighted by Gasteiger charge is -2.12. The van der Waals surface area contributed by atoms with Crippen LogP contribution in [-0.4, -0.2) is 51.9 Å². The number of fused-ring (bicyclic) bond motifs is 5. The lowest BCUT2D eigenvalue weighted by atomic mass is 10.2. The predicted octanol–water partition coefficient (Wildman–Crippen LogP) is 6.37. The van der Waals surface area contributed by atoms with Gasteiger partial charge in [-0.2, -0.15) is 0 Å². The molecule has 0 aliphatic heterocycles. The molecule has 40 heavy (non-hydrogen) atoms. The van der Waals surface area contributed by atoms with E-state index in [0.717, 1.165) is 27.1 Å². The molecule has 0 aliphatic carbocycles. The number of carbonyl (C=O) groups excluding carboxylic acids is 1. The van der Waals surface area contributed by atoms with Crippen molar-refractivity contribution in [3.8, 4) is 22.9 Å². The van der Waals surface area contributed by atoms with E-state index in [-0.39, 0.29) is 11.7 Å². The highest BCUT2D eigenvalue weighted by Crippen LogP contribution is 2.35. The van der Waals surface area contributed by atoms with Crippen LogP contribution in [0.3, 0.4) is 0 Å². The number of imidazole rings is 1. The number of aromatic nitrogens is 4. The van der Waals surface area contributed by atoms with E-state index in [2.05, 4.69) is 5.32 Å². The number of carbonyl (C=O) groups is 1. The van der Waals surface area contributed by atoms with E-state index in [1.54, 1.807) is 39.5 Å². The normalized spacial score (nSPS) is 11.3. The van der Waals surface area contributed by atoms with Gasteiger partial charge in [0.1, 0.15) is 21.9 Å². The number of para-hydroxylation sites is 2. The van der Waals surface area contributed by atoms with Crippen molar-refractivity contribution >= 4 is 73.9 Å². The maximum atomic E-state index is 13.1. The summed E-state index contributed by atoms with van der Waals surface area (Å²) in [5.41, 5.74) is 4.54. The summed E-state index contributed by atoms with van der Waals surface area (Å²) in [7, 11) is 4.75. The van der Waals surface area contributed by atoms with Gasteiger partial charge in [0.05, 0.1) is 49.5 Å². The molecule has 0 fully saturated rings. The predicted molar refractivity (Wildman–Crippen MR) is 161 cm³/mol. The van der Waals surface area contributed by atoms with Gasteiger partial charge in [0.2, 0.25) is 5.91 Å². The van der Waals surface area contributed by atoms with Crippen molar-refractivity contribution in [2.24, 2.45) is 0 Å². The van der Waals surface area contributed by atoms with E-state index in [0.29, 0.717) is 37.7 Å². The van der Waals surface area contributed by atoms with E-state index in [4.69, 9.17) is 36.4 Å². The summed E-state index contributed by atoms with van der Waals surface area (Å²) in [6.45, 7) is 0. The molecule has 0 bridgehead atoms. The molecule has 1 N–H and O–H groups in total. The molecule has 0 aliphatic rings. The number of ether oxygens (including phenoxy) is 3. The molecule has 3 aromatic heterocycles. The molecule has 3 heterocycles. The van der Waals surface area contributed by atoms with Crippen molar-refractivity contribution in [2.45, 2.75) is 5.16 Å². The van der Waals surface area contributed by atoms with Gasteiger partial charge >= 0.3 is 0 Å². The fourth-order valence-electron chi connectivity index (χ4n) is 4.42. The molecule has 0 radical (unpaired) electrons.